The number of hydrogen-bond donors (Lipinski definition) is 1. The number of hydrogen-bond acceptors (Lipinski definition) is 3. The SMILES string of the molecule is Cc1ccc(CCC(=O)N(CCC(=O)O)C2CCOCC2)c(C)c1. The van der Waals surface area contributed by atoms with Gasteiger partial charge in [-0.15, -0.1) is 0 Å². The van der Waals surface area contributed by atoms with Gasteiger partial charge in [0.25, 0.3) is 0 Å². The number of nitrogens with zero attached hydrogens (tertiary/aromatic N) is 1. The van der Waals surface area contributed by atoms with Crippen LogP contribution in [0.2, 0.25) is 0 Å². The highest BCUT2D eigenvalue weighted by atomic mass is 16.5. The van der Waals surface area contributed by atoms with Gasteiger partial charge in [0.1, 0.15) is 0 Å². The summed E-state index contributed by atoms with van der Waals surface area (Å²) in [5.74, 6) is -0.822. The minimum atomic E-state index is -0.866. The maximum atomic E-state index is 12.7. The van der Waals surface area contributed by atoms with E-state index in [0.717, 1.165) is 12.8 Å². The Morgan fingerprint density at radius 2 is 1.92 bits per heavy atom. The molecule has 5 nitrogen and oxygen atoms in total. The molecule has 0 spiro atoms. The Hall–Kier alpha value is -1.88. The van der Waals surface area contributed by atoms with Crippen molar-refractivity contribution < 1.29 is 19.4 Å². The van der Waals surface area contributed by atoms with Crippen LogP contribution < -0.4 is 0 Å². The van der Waals surface area contributed by atoms with Crippen LogP contribution in [0.15, 0.2) is 18.2 Å². The Kier molecular flexibility index (Phi) is 6.79. The fraction of sp³-hybridized carbons (Fsp3) is 0.579. The molecule has 0 aromatic heterocycles. The average molecular weight is 333 g/mol. The minimum Gasteiger partial charge on any atom is -0.481 e. The number of ether oxygens (including phenoxy) is 1. The van der Waals surface area contributed by atoms with Gasteiger partial charge in [0.05, 0.1) is 6.42 Å². The second kappa shape index (κ2) is 8.83. The van der Waals surface area contributed by atoms with E-state index in [0.29, 0.717) is 26.1 Å². The fourth-order valence-corrected chi connectivity index (χ4v) is 3.24. The first-order valence-electron chi connectivity index (χ1n) is 8.62. The van der Waals surface area contributed by atoms with Crippen LogP contribution >= 0.6 is 0 Å². The zero-order chi connectivity index (χ0) is 17.5. The molecule has 0 aliphatic carbocycles. The molecule has 0 unspecified atom stereocenters. The van der Waals surface area contributed by atoms with Crippen LogP contribution in [0.4, 0.5) is 0 Å². The normalized spacial score (nSPS) is 15.2. The molecule has 5 heteroatoms. The molecule has 0 atom stereocenters. The molecular weight excluding hydrogens is 306 g/mol. The number of carboxylic acid groups (broad SMARTS) is 1. The second-order valence-corrected chi connectivity index (χ2v) is 6.50. The summed E-state index contributed by atoms with van der Waals surface area (Å²) in [5.41, 5.74) is 3.60. The van der Waals surface area contributed by atoms with Crippen LogP contribution in [-0.2, 0) is 20.7 Å². The van der Waals surface area contributed by atoms with Gasteiger partial charge in [0.15, 0.2) is 0 Å². The van der Waals surface area contributed by atoms with Crippen LogP contribution in [0.25, 0.3) is 0 Å². The lowest BCUT2D eigenvalue weighted by Gasteiger charge is -2.34. The molecule has 1 aromatic rings. The Morgan fingerprint density at radius 1 is 1.21 bits per heavy atom. The summed E-state index contributed by atoms with van der Waals surface area (Å²) in [6.07, 6.45) is 2.68. The van der Waals surface area contributed by atoms with Gasteiger partial charge < -0.3 is 14.7 Å². The van der Waals surface area contributed by atoms with Gasteiger partial charge in [-0.2, -0.15) is 0 Å². The summed E-state index contributed by atoms with van der Waals surface area (Å²) >= 11 is 0. The lowest BCUT2D eigenvalue weighted by atomic mass is 10.0. The van der Waals surface area contributed by atoms with E-state index in [1.165, 1.54) is 16.7 Å². The summed E-state index contributed by atoms with van der Waals surface area (Å²) in [6, 6.07) is 6.37. The first kappa shape index (κ1) is 18.5. The smallest absolute Gasteiger partial charge is 0.305 e. The van der Waals surface area contributed by atoms with E-state index in [-0.39, 0.29) is 24.9 Å². The van der Waals surface area contributed by atoms with E-state index in [4.69, 9.17) is 9.84 Å². The van der Waals surface area contributed by atoms with Gasteiger partial charge in [0.2, 0.25) is 5.91 Å². The van der Waals surface area contributed by atoms with Crippen molar-refractivity contribution >= 4 is 11.9 Å². The summed E-state index contributed by atoms with van der Waals surface area (Å²) in [4.78, 5) is 25.4. The molecule has 0 radical (unpaired) electrons. The number of carbonyl (C=O) groups excluding carboxylic acids is 1. The highest BCUT2D eigenvalue weighted by Gasteiger charge is 2.26. The van der Waals surface area contributed by atoms with Crippen LogP contribution in [0, 0.1) is 13.8 Å². The number of rotatable bonds is 7. The van der Waals surface area contributed by atoms with Gasteiger partial charge in [0, 0.05) is 32.2 Å². The molecule has 1 amide bonds. The minimum absolute atomic E-state index is 0.00729. The first-order valence-corrected chi connectivity index (χ1v) is 8.62. The highest BCUT2D eigenvalue weighted by molar-refractivity contribution is 5.77. The number of carbonyl (C=O) groups is 2. The standard InChI is InChI=1S/C19H27NO4/c1-14-3-4-16(15(2)13-14)5-6-18(21)20(10-7-19(22)23)17-8-11-24-12-9-17/h3-4,13,17H,5-12H2,1-2H3,(H,22,23). The lowest BCUT2D eigenvalue weighted by Crippen LogP contribution is -2.44. The third-order valence-corrected chi connectivity index (χ3v) is 4.62. The van der Waals surface area contributed by atoms with Crippen molar-refractivity contribution in [3.63, 3.8) is 0 Å². The molecule has 1 fully saturated rings. The Bertz CT molecular complexity index is 579. The van der Waals surface area contributed by atoms with Gasteiger partial charge in [-0.1, -0.05) is 23.8 Å². The van der Waals surface area contributed by atoms with Gasteiger partial charge in [-0.05, 0) is 44.2 Å². The van der Waals surface area contributed by atoms with E-state index < -0.39 is 5.97 Å². The molecule has 132 valence electrons. The summed E-state index contributed by atoms with van der Waals surface area (Å²) < 4.78 is 5.36. The van der Waals surface area contributed by atoms with Crippen molar-refractivity contribution in [1.82, 2.24) is 4.90 Å². The molecule has 1 aliphatic heterocycles. The van der Waals surface area contributed by atoms with Crippen molar-refractivity contribution in [1.29, 1.82) is 0 Å². The number of amides is 1. The molecule has 1 aliphatic rings. The molecule has 1 N–H and O–H groups in total. The molecule has 2 rings (SSSR count). The molecule has 0 saturated carbocycles. The summed E-state index contributed by atoms with van der Waals surface area (Å²) in [7, 11) is 0. The maximum Gasteiger partial charge on any atom is 0.305 e. The predicted molar refractivity (Wildman–Crippen MR) is 92.0 cm³/mol. The molecule has 1 aromatic carbocycles. The predicted octanol–water partition coefficient (Wildman–Crippen LogP) is 2.72. The number of aliphatic carboxylic acids is 1. The van der Waals surface area contributed by atoms with E-state index in [1.807, 2.05) is 0 Å². The number of aryl methyl sites for hydroxylation is 3. The van der Waals surface area contributed by atoms with Crippen molar-refractivity contribution in [3.05, 3.63) is 34.9 Å². The van der Waals surface area contributed by atoms with Crippen molar-refractivity contribution in [2.24, 2.45) is 0 Å². The van der Waals surface area contributed by atoms with Gasteiger partial charge >= 0.3 is 5.97 Å². The Balaban J connectivity index is 1.98. The third-order valence-electron chi connectivity index (χ3n) is 4.62. The van der Waals surface area contributed by atoms with E-state index in [1.54, 1.807) is 4.90 Å². The molecule has 24 heavy (non-hydrogen) atoms. The van der Waals surface area contributed by atoms with Gasteiger partial charge in [-0.3, -0.25) is 9.59 Å². The zero-order valence-corrected chi connectivity index (χ0v) is 14.6. The molecular formula is C19H27NO4. The number of benzene rings is 1. The fourth-order valence-electron chi connectivity index (χ4n) is 3.24. The topological polar surface area (TPSA) is 66.8 Å². The van der Waals surface area contributed by atoms with Crippen molar-refractivity contribution in [3.8, 4) is 0 Å². The van der Waals surface area contributed by atoms with Crippen LogP contribution in [0.1, 0.15) is 42.4 Å². The quantitative estimate of drug-likeness (QED) is 0.833. The lowest BCUT2D eigenvalue weighted by molar-refractivity contribution is -0.140. The van der Waals surface area contributed by atoms with Crippen LogP contribution in [0.3, 0.4) is 0 Å². The summed E-state index contributed by atoms with van der Waals surface area (Å²) in [5, 5.41) is 8.95. The monoisotopic (exact) mass is 333 g/mol. The first-order chi connectivity index (χ1) is 11.5. The Morgan fingerprint density at radius 3 is 2.54 bits per heavy atom. The highest BCUT2D eigenvalue weighted by Crippen LogP contribution is 2.18. The second-order valence-electron chi connectivity index (χ2n) is 6.50. The van der Waals surface area contributed by atoms with E-state index >= 15 is 0 Å². The van der Waals surface area contributed by atoms with Crippen LogP contribution in [-0.4, -0.2) is 47.7 Å². The Labute approximate surface area is 143 Å². The number of carboxylic acids is 1. The maximum absolute atomic E-state index is 12.7. The van der Waals surface area contributed by atoms with Crippen LogP contribution in [0.5, 0.6) is 0 Å². The molecule has 1 saturated heterocycles. The zero-order valence-electron chi connectivity index (χ0n) is 14.6. The average Bonchev–Trinajstić information content (AvgIpc) is 2.55. The van der Waals surface area contributed by atoms with Crippen molar-refractivity contribution in [2.75, 3.05) is 19.8 Å². The van der Waals surface area contributed by atoms with Gasteiger partial charge in [-0.25, -0.2) is 0 Å². The molecule has 1 heterocycles. The summed E-state index contributed by atoms with van der Waals surface area (Å²) in [6.45, 7) is 5.68. The van der Waals surface area contributed by atoms with E-state index in [9.17, 15) is 9.59 Å². The molecule has 0 bridgehead atoms. The third kappa shape index (κ3) is 5.34. The van der Waals surface area contributed by atoms with Crippen molar-refractivity contribution in [2.45, 2.75) is 52.0 Å². The van der Waals surface area contributed by atoms with E-state index in [2.05, 4.69) is 32.0 Å². The largest absolute Gasteiger partial charge is 0.481 e.